The summed E-state index contributed by atoms with van der Waals surface area (Å²) >= 11 is 3.49. The van der Waals surface area contributed by atoms with Crippen molar-refractivity contribution in [3.05, 3.63) is 29.3 Å². The van der Waals surface area contributed by atoms with Gasteiger partial charge in [-0.15, -0.1) is 23.5 Å². The molecule has 0 aromatic heterocycles. The fourth-order valence-corrected chi connectivity index (χ4v) is 3.51. The number of amides is 1. The number of carbonyl (C=O) groups is 1. The molecule has 98 valence electrons. The molecule has 0 saturated carbocycles. The molecular weight excluding hydrogens is 264 g/mol. The zero-order chi connectivity index (χ0) is 13.0. The minimum Gasteiger partial charge on any atom is -0.351 e. The van der Waals surface area contributed by atoms with E-state index in [1.807, 2.05) is 0 Å². The first-order chi connectivity index (χ1) is 8.70. The van der Waals surface area contributed by atoms with E-state index in [1.54, 1.807) is 23.5 Å². The van der Waals surface area contributed by atoms with Gasteiger partial charge in [0.05, 0.1) is 6.04 Å². The van der Waals surface area contributed by atoms with E-state index in [9.17, 15) is 4.79 Å². The highest BCUT2D eigenvalue weighted by Crippen LogP contribution is 2.21. The molecule has 1 aromatic carbocycles. The van der Waals surface area contributed by atoms with Gasteiger partial charge in [-0.3, -0.25) is 10.1 Å². The van der Waals surface area contributed by atoms with Gasteiger partial charge in [0.1, 0.15) is 0 Å². The van der Waals surface area contributed by atoms with Gasteiger partial charge >= 0.3 is 0 Å². The van der Waals surface area contributed by atoms with Crippen LogP contribution >= 0.6 is 23.5 Å². The summed E-state index contributed by atoms with van der Waals surface area (Å²) in [4.78, 5) is 13.1. The van der Waals surface area contributed by atoms with Gasteiger partial charge in [-0.2, -0.15) is 0 Å². The van der Waals surface area contributed by atoms with Crippen LogP contribution in [0.2, 0.25) is 0 Å². The molecule has 1 atom stereocenters. The molecule has 0 bridgehead atoms. The number of hydrogen-bond donors (Lipinski definition) is 2. The summed E-state index contributed by atoms with van der Waals surface area (Å²) in [7, 11) is 0. The maximum atomic E-state index is 11.9. The zero-order valence-corrected chi connectivity index (χ0v) is 12.3. The Kier molecular flexibility index (Phi) is 4.97. The van der Waals surface area contributed by atoms with Crippen molar-refractivity contribution in [3.8, 4) is 0 Å². The number of rotatable bonds is 4. The molecule has 1 aromatic rings. The average molecular weight is 282 g/mol. The topological polar surface area (TPSA) is 41.1 Å². The number of carbonyl (C=O) groups excluding carboxylic acids is 1. The number of benzene rings is 1. The fourth-order valence-electron chi connectivity index (χ4n) is 1.87. The van der Waals surface area contributed by atoms with Crippen LogP contribution in [-0.2, 0) is 11.3 Å². The molecule has 1 aliphatic rings. The Balaban J connectivity index is 1.95. The van der Waals surface area contributed by atoms with Crippen molar-refractivity contribution in [2.24, 2.45) is 0 Å². The second-order valence-corrected chi connectivity index (χ2v) is 6.18. The molecule has 0 aliphatic carbocycles. The van der Waals surface area contributed by atoms with Gasteiger partial charge in [-0.1, -0.05) is 12.1 Å². The Morgan fingerprint density at radius 2 is 2.44 bits per heavy atom. The second kappa shape index (κ2) is 6.50. The molecule has 1 fully saturated rings. The molecule has 1 saturated heterocycles. The van der Waals surface area contributed by atoms with Crippen LogP contribution in [0.25, 0.3) is 0 Å². The van der Waals surface area contributed by atoms with E-state index >= 15 is 0 Å². The van der Waals surface area contributed by atoms with Crippen molar-refractivity contribution in [1.82, 2.24) is 10.6 Å². The van der Waals surface area contributed by atoms with Gasteiger partial charge in [-0.05, 0) is 30.4 Å². The van der Waals surface area contributed by atoms with E-state index in [1.165, 1.54) is 16.0 Å². The third-order valence-electron chi connectivity index (χ3n) is 2.93. The van der Waals surface area contributed by atoms with Crippen LogP contribution in [0.1, 0.15) is 11.1 Å². The molecule has 1 aliphatic heterocycles. The minimum absolute atomic E-state index is 0.0295. The van der Waals surface area contributed by atoms with Gasteiger partial charge in [0.25, 0.3) is 0 Å². The van der Waals surface area contributed by atoms with Crippen LogP contribution in [0.4, 0.5) is 0 Å². The standard InChI is InChI=1S/C13H18N2OS2/c1-9-3-4-10(12(5-9)17-2)6-14-13(16)11-7-18-8-15-11/h3-5,11,15H,6-8H2,1-2H3,(H,14,16). The Labute approximate surface area is 116 Å². The highest BCUT2D eigenvalue weighted by Gasteiger charge is 2.22. The van der Waals surface area contributed by atoms with Gasteiger partial charge < -0.3 is 5.32 Å². The number of hydrogen-bond acceptors (Lipinski definition) is 4. The number of nitrogens with one attached hydrogen (secondary N) is 2. The van der Waals surface area contributed by atoms with Crippen molar-refractivity contribution in [1.29, 1.82) is 0 Å². The third kappa shape index (κ3) is 3.43. The maximum Gasteiger partial charge on any atom is 0.238 e. The molecule has 1 amide bonds. The van der Waals surface area contributed by atoms with Gasteiger partial charge in [-0.25, -0.2) is 0 Å². The summed E-state index contributed by atoms with van der Waals surface area (Å²) in [5, 5.41) is 6.18. The Morgan fingerprint density at radius 3 is 3.11 bits per heavy atom. The van der Waals surface area contributed by atoms with E-state index in [-0.39, 0.29) is 11.9 Å². The zero-order valence-electron chi connectivity index (χ0n) is 10.7. The first-order valence-electron chi connectivity index (χ1n) is 5.93. The van der Waals surface area contributed by atoms with Crippen molar-refractivity contribution in [2.75, 3.05) is 17.9 Å². The lowest BCUT2D eigenvalue weighted by Gasteiger charge is -2.13. The maximum absolute atomic E-state index is 11.9. The van der Waals surface area contributed by atoms with E-state index in [4.69, 9.17) is 0 Å². The predicted molar refractivity (Wildman–Crippen MR) is 79.1 cm³/mol. The van der Waals surface area contributed by atoms with Crippen LogP contribution < -0.4 is 10.6 Å². The summed E-state index contributed by atoms with van der Waals surface area (Å²) in [5.41, 5.74) is 2.44. The minimum atomic E-state index is -0.0295. The summed E-state index contributed by atoms with van der Waals surface area (Å²) in [6, 6.07) is 6.32. The van der Waals surface area contributed by atoms with E-state index in [0.717, 1.165) is 11.6 Å². The predicted octanol–water partition coefficient (Wildman–Crippen LogP) is 2.00. The molecule has 0 spiro atoms. The normalized spacial score (nSPS) is 18.9. The highest BCUT2D eigenvalue weighted by atomic mass is 32.2. The summed E-state index contributed by atoms with van der Waals surface area (Å²) in [6.45, 7) is 2.69. The fraction of sp³-hybridized carbons (Fsp3) is 0.462. The molecular formula is C13H18N2OS2. The van der Waals surface area contributed by atoms with Crippen LogP contribution in [-0.4, -0.2) is 29.8 Å². The molecule has 2 rings (SSSR count). The molecule has 1 unspecified atom stereocenters. The largest absolute Gasteiger partial charge is 0.351 e. The van der Waals surface area contributed by atoms with Crippen molar-refractivity contribution in [3.63, 3.8) is 0 Å². The number of aryl methyl sites for hydroxylation is 1. The van der Waals surface area contributed by atoms with Crippen LogP contribution in [0.5, 0.6) is 0 Å². The first kappa shape index (κ1) is 13.8. The van der Waals surface area contributed by atoms with Gasteiger partial charge in [0, 0.05) is 23.1 Å². The molecule has 18 heavy (non-hydrogen) atoms. The SMILES string of the molecule is CSc1cc(C)ccc1CNC(=O)C1CSCN1. The van der Waals surface area contributed by atoms with Crippen molar-refractivity contribution >= 4 is 29.4 Å². The molecule has 3 nitrogen and oxygen atoms in total. The lowest BCUT2D eigenvalue weighted by Crippen LogP contribution is -2.41. The molecule has 5 heteroatoms. The van der Waals surface area contributed by atoms with E-state index in [2.05, 4.69) is 42.0 Å². The van der Waals surface area contributed by atoms with Crippen LogP contribution in [0.15, 0.2) is 23.1 Å². The molecule has 0 radical (unpaired) electrons. The smallest absolute Gasteiger partial charge is 0.238 e. The quantitative estimate of drug-likeness (QED) is 0.829. The first-order valence-corrected chi connectivity index (χ1v) is 8.31. The summed E-state index contributed by atoms with van der Waals surface area (Å²) < 4.78 is 0. The monoisotopic (exact) mass is 282 g/mol. The second-order valence-electron chi connectivity index (χ2n) is 4.30. The number of thioether (sulfide) groups is 2. The Bertz CT molecular complexity index is 431. The van der Waals surface area contributed by atoms with Crippen LogP contribution in [0.3, 0.4) is 0 Å². The summed E-state index contributed by atoms with van der Waals surface area (Å²) in [6.07, 6.45) is 2.06. The van der Waals surface area contributed by atoms with E-state index < -0.39 is 0 Å². The summed E-state index contributed by atoms with van der Waals surface area (Å²) in [5.74, 6) is 1.85. The van der Waals surface area contributed by atoms with Gasteiger partial charge in [0.2, 0.25) is 5.91 Å². The van der Waals surface area contributed by atoms with E-state index in [0.29, 0.717) is 6.54 Å². The van der Waals surface area contributed by atoms with Crippen molar-refractivity contribution < 1.29 is 4.79 Å². The van der Waals surface area contributed by atoms with Crippen molar-refractivity contribution in [2.45, 2.75) is 24.4 Å². The third-order valence-corrected chi connectivity index (χ3v) is 4.69. The highest BCUT2D eigenvalue weighted by molar-refractivity contribution is 7.99. The lowest BCUT2D eigenvalue weighted by atomic mass is 10.1. The Hall–Kier alpha value is -0.650. The van der Waals surface area contributed by atoms with Crippen LogP contribution in [0, 0.1) is 6.92 Å². The van der Waals surface area contributed by atoms with Gasteiger partial charge in [0.15, 0.2) is 0 Å². The lowest BCUT2D eigenvalue weighted by molar-refractivity contribution is -0.122. The average Bonchev–Trinajstić information content (AvgIpc) is 2.90. The molecule has 2 N–H and O–H groups in total. The molecule has 1 heterocycles. The Morgan fingerprint density at radius 1 is 1.61 bits per heavy atom.